The molecule has 1 atom stereocenters. The summed E-state index contributed by atoms with van der Waals surface area (Å²) in [6, 6.07) is 5.74. The van der Waals surface area contributed by atoms with E-state index in [1.165, 1.54) is 0 Å². The number of aliphatic hydroxyl groups excluding tert-OH is 1. The van der Waals surface area contributed by atoms with E-state index in [2.05, 4.69) is 5.32 Å². The lowest BCUT2D eigenvalue weighted by atomic mass is 10.1. The van der Waals surface area contributed by atoms with E-state index in [0.717, 1.165) is 5.56 Å². The fourth-order valence-electron chi connectivity index (χ4n) is 1.56. The van der Waals surface area contributed by atoms with Crippen LogP contribution < -0.4 is 14.8 Å². The predicted octanol–water partition coefficient (Wildman–Crippen LogP) is 2.16. The minimum absolute atomic E-state index is 0. The van der Waals surface area contributed by atoms with Gasteiger partial charge in [0.1, 0.15) is 11.5 Å². The summed E-state index contributed by atoms with van der Waals surface area (Å²) in [6.45, 7) is 4.56. The second-order valence-corrected chi connectivity index (χ2v) is 4.19. The third-order valence-corrected chi connectivity index (χ3v) is 2.52. The summed E-state index contributed by atoms with van der Waals surface area (Å²) in [5.74, 6) is 1.38. The van der Waals surface area contributed by atoms with E-state index in [9.17, 15) is 5.11 Å². The van der Waals surface area contributed by atoms with Gasteiger partial charge in [0.2, 0.25) is 0 Å². The first-order valence-corrected chi connectivity index (χ1v) is 5.71. The standard InChI is InChI=1S/C13H21NO3.ClH/c1-9(2)14-8-12(15)11-7-10(16-3)5-6-13(11)17-4;/h5-7,9,12,14-15H,8H2,1-4H3;1H. The molecule has 1 aromatic rings. The maximum absolute atomic E-state index is 10.1. The average molecular weight is 276 g/mol. The average Bonchev–Trinajstić information content (AvgIpc) is 2.34. The Bertz CT molecular complexity index is 358. The van der Waals surface area contributed by atoms with Crippen molar-refractivity contribution in [3.8, 4) is 11.5 Å². The molecule has 1 unspecified atom stereocenters. The summed E-state index contributed by atoms with van der Waals surface area (Å²) in [7, 11) is 3.19. The number of aliphatic hydroxyl groups is 1. The van der Waals surface area contributed by atoms with Crippen molar-refractivity contribution < 1.29 is 14.6 Å². The van der Waals surface area contributed by atoms with Gasteiger partial charge in [-0.15, -0.1) is 12.4 Å². The number of ether oxygens (including phenoxy) is 2. The third kappa shape index (κ3) is 4.72. The first kappa shape index (κ1) is 17.0. The van der Waals surface area contributed by atoms with Gasteiger partial charge >= 0.3 is 0 Å². The van der Waals surface area contributed by atoms with Crippen LogP contribution in [0.5, 0.6) is 11.5 Å². The maximum atomic E-state index is 10.1. The zero-order valence-corrected chi connectivity index (χ0v) is 12.1. The summed E-state index contributed by atoms with van der Waals surface area (Å²) in [4.78, 5) is 0. The van der Waals surface area contributed by atoms with Crippen molar-refractivity contribution in [3.63, 3.8) is 0 Å². The Labute approximate surface area is 115 Å². The Balaban J connectivity index is 0.00000289. The van der Waals surface area contributed by atoms with Crippen LogP contribution in [0.2, 0.25) is 0 Å². The summed E-state index contributed by atoms with van der Waals surface area (Å²) in [5, 5.41) is 13.3. The van der Waals surface area contributed by atoms with Crippen molar-refractivity contribution in [1.29, 1.82) is 0 Å². The van der Waals surface area contributed by atoms with E-state index < -0.39 is 6.10 Å². The van der Waals surface area contributed by atoms with Crippen LogP contribution in [0.4, 0.5) is 0 Å². The molecule has 0 saturated heterocycles. The molecule has 0 aliphatic carbocycles. The van der Waals surface area contributed by atoms with Crippen molar-refractivity contribution in [1.82, 2.24) is 5.32 Å². The van der Waals surface area contributed by atoms with E-state index in [0.29, 0.717) is 24.1 Å². The molecule has 4 nitrogen and oxygen atoms in total. The molecule has 0 aliphatic heterocycles. The van der Waals surface area contributed by atoms with Gasteiger partial charge < -0.3 is 19.9 Å². The van der Waals surface area contributed by atoms with Crippen molar-refractivity contribution >= 4 is 12.4 Å². The van der Waals surface area contributed by atoms with Gasteiger partial charge in [0, 0.05) is 18.2 Å². The molecule has 2 N–H and O–H groups in total. The Morgan fingerprint density at radius 2 is 1.89 bits per heavy atom. The second-order valence-electron chi connectivity index (χ2n) is 4.19. The molecule has 5 heteroatoms. The highest BCUT2D eigenvalue weighted by Crippen LogP contribution is 2.29. The molecule has 0 radical (unpaired) electrons. The fraction of sp³-hybridized carbons (Fsp3) is 0.538. The molecule has 0 heterocycles. The number of hydrogen-bond donors (Lipinski definition) is 2. The van der Waals surface area contributed by atoms with E-state index >= 15 is 0 Å². The molecule has 0 fully saturated rings. The van der Waals surface area contributed by atoms with Crippen molar-refractivity contribution in [2.24, 2.45) is 0 Å². The summed E-state index contributed by atoms with van der Waals surface area (Å²) >= 11 is 0. The number of methoxy groups -OCH3 is 2. The van der Waals surface area contributed by atoms with Crippen LogP contribution >= 0.6 is 12.4 Å². The third-order valence-electron chi connectivity index (χ3n) is 2.52. The van der Waals surface area contributed by atoms with Gasteiger partial charge in [-0.3, -0.25) is 0 Å². The van der Waals surface area contributed by atoms with Crippen LogP contribution in [0, 0.1) is 0 Å². The molecule has 0 saturated carbocycles. The number of nitrogens with one attached hydrogen (secondary N) is 1. The predicted molar refractivity (Wildman–Crippen MR) is 74.9 cm³/mol. The van der Waals surface area contributed by atoms with Gasteiger partial charge in [0.05, 0.1) is 20.3 Å². The van der Waals surface area contributed by atoms with Gasteiger partial charge in [0.15, 0.2) is 0 Å². The minimum atomic E-state index is -0.609. The lowest BCUT2D eigenvalue weighted by Crippen LogP contribution is -2.28. The summed E-state index contributed by atoms with van der Waals surface area (Å²) < 4.78 is 10.4. The lowest BCUT2D eigenvalue weighted by Gasteiger charge is -2.17. The zero-order chi connectivity index (χ0) is 12.8. The molecule has 0 aliphatic rings. The highest BCUT2D eigenvalue weighted by molar-refractivity contribution is 5.85. The molecule has 104 valence electrons. The van der Waals surface area contributed by atoms with Gasteiger partial charge in [-0.25, -0.2) is 0 Å². The van der Waals surface area contributed by atoms with Crippen molar-refractivity contribution in [2.45, 2.75) is 26.0 Å². The Kier molecular flexibility index (Phi) is 7.75. The molecule has 18 heavy (non-hydrogen) atoms. The van der Waals surface area contributed by atoms with E-state index in [4.69, 9.17) is 9.47 Å². The maximum Gasteiger partial charge on any atom is 0.124 e. The quantitative estimate of drug-likeness (QED) is 0.835. The van der Waals surface area contributed by atoms with Crippen LogP contribution in [0.15, 0.2) is 18.2 Å². The largest absolute Gasteiger partial charge is 0.497 e. The monoisotopic (exact) mass is 275 g/mol. The van der Waals surface area contributed by atoms with Crippen molar-refractivity contribution in [3.05, 3.63) is 23.8 Å². The smallest absolute Gasteiger partial charge is 0.124 e. The van der Waals surface area contributed by atoms with Gasteiger partial charge in [-0.1, -0.05) is 13.8 Å². The summed E-state index contributed by atoms with van der Waals surface area (Å²) in [5.41, 5.74) is 0.736. The molecular weight excluding hydrogens is 254 g/mol. The topological polar surface area (TPSA) is 50.7 Å². The van der Waals surface area contributed by atoms with E-state index in [-0.39, 0.29) is 12.4 Å². The molecule has 0 spiro atoms. The van der Waals surface area contributed by atoms with Crippen LogP contribution in [-0.4, -0.2) is 31.9 Å². The zero-order valence-electron chi connectivity index (χ0n) is 11.3. The van der Waals surface area contributed by atoms with Gasteiger partial charge in [-0.05, 0) is 18.2 Å². The van der Waals surface area contributed by atoms with Gasteiger partial charge in [-0.2, -0.15) is 0 Å². The van der Waals surface area contributed by atoms with Crippen LogP contribution in [0.3, 0.4) is 0 Å². The lowest BCUT2D eigenvalue weighted by molar-refractivity contribution is 0.167. The number of benzene rings is 1. The van der Waals surface area contributed by atoms with E-state index in [1.807, 2.05) is 19.9 Å². The molecular formula is C13H22ClNO3. The van der Waals surface area contributed by atoms with Crippen LogP contribution in [0.1, 0.15) is 25.5 Å². The minimum Gasteiger partial charge on any atom is -0.497 e. The number of halogens is 1. The Morgan fingerprint density at radius 1 is 1.22 bits per heavy atom. The normalized spacial score (nSPS) is 11.9. The molecule has 0 bridgehead atoms. The SMILES string of the molecule is COc1ccc(OC)c(C(O)CNC(C)C)c1.Cl. The molecule has 1 aromatic carbocycles. The second kappa shape index (κ2) is 8.19. The number of hydrogen-bond acceptors (Lipinski definition) is 4. The van der Waals surface area contributed by atoms with Crippen LogP contribution in [0.25, 0.3) is 0 Å². The highest BCUT2D eigenvalue weighted by atomic mass is 35.5. The van der Waals surface area contributed by atoms with Gasteiger partial charge in [0.25, 0.3) is 0 Å². The molecule has 0 aromatic heterocycles. The van der Waals surface area contributed by atoms with Crippen molar-refractivity contribution in [2.75, 3.05) is 20.8 Å². The van der Waals surface area contributed by atoms with E-state index in [1.54, 1.807) is 26.4 Å². The first-order chi connectivity index (χ1) is 8.08. The number of rotatable bonds is 6. The first-order valence-electron chi connectivity index (χ1n) is 5.71. The Hall–Kier alpha value is -0.970. The highest BCUT2D eigenvalue weighted by Gasteiger charge is 2.14. The van der Waals surface area contributed by atoms with Crippen LogP contribution in [-0.2, 0) is 0 Å². The fourth-order valence-corrected chi connectivity index (χ4v) is 1.56. The summed E-state index contributed by atoms with van der Waals surface area (Å²) in [6.07, 6.45) is -0.609. The molecule has 1 rings (SSSR count). The molecule has 0 amide bonds. The Morgan fingerprint density at radius 3 is 2.39 bits per heavy atom.